The largest absolute Gasteiger partial charge is 0.361 e. The molecule has 1 aromatic carbocycles. The number of nitrogens with zero attached hydrogens (tertiary/aromatic N) is 3. The van der Waals surface area contributed by atoms with Gasteiger partial charge in [0.1, 0.15) is 17.2 Å². The molecule has 1 unspecified atom stereocenters. The van der Waals surface area contributed by atoms with E-state index in [2.05, 4.69) is 31.3 Å². The zero-order valence-electron chi connectivity index (χ0n) is 11.7. The molecule has 0 aliphatic rings. The van der Waals surface area contributed by atoms with Crippen molar-refractivity contribution in [2.75, 3.05) is 5.32 Å². The number of hydrogen-bond donors (Lipinski definition) is 1. The van der Waals surface area contributed by atoms with Crippen LogP contribution >= 0.6 is 15.9 Å². The minimum atomic E-state index is -0.588. The summed E-state index contributed by atoms with van der Waals surface area (Å²) in [5.74, 6) is -0.573. The van der Waals surface area contributed by atoms with Gasteiger partial charge in [-0.2, -0.15) is 5.10 Å². The molecule has 114 valence electrons. The van der Waals surface area contributed by atoms with Crippen LogP contribution in [-0.4, -0.2) is 14.6 Å². The van der Waals surface area contributed by atoms with Crippen LogP contribution in [0.4, 0.5) is 14.6 Å². The summed E-state index contributed by atoms with van der Waals surface area (Å²) in [7, 11) is 0. The van der Waals surface area contributed by atoms with Crippen LogP contribution in [0.5, 0.6) is 0 Å². The molecule has 0 saturated carbocycles. The maximum absolute atomic E-state index is 14.0. The van der Waals surface area contributed by atoms with Crippen molar-refractivity contribution >= 4 is 27.3 Å². The lowest BCUT2D eigenvalue weighted by Gasteiger charge is -2.19. The number of rotatable bonds is 4. The van der Waals surface area contributed by atoms with Crippen LogP contribution in [0.25, 0.3) is 5.52 Å². The Morgan fingerprint density at radius 1 is 1.36 bits per heavy atom. The van der Waals surface area contributed by atoms with Gasteiger partial charge < -0.3 is 5.32 Å². The van der Waals surface area contributed by atoms with Crippen molar-refractivity contribution in [1.82, 2.24) is 14.6 Å². The summed E-state index contributed by atoms with van der Waals surface area (Å²) in [6.07, 6.45) is 5.63. The molecule has 1 N–H and O–H groups in total. The Labute approximate surface area is 134 Å². The lowest BCUT2D eigenvalue weighted by molar-refractivity contribution is 0.558. The summed E-state index contributed by atoms with van der Waals surface area (Å²) in [5, 5.41) is 7.39. The summed E-state index contributed by atoms with van der Waals surface area (Å²) in [4.78, 5) is 4.30. The maximum Gasteiger partial charge on any atom is 0.153 e. The average Bonchev–Trinajstić information content (AvgIpc) is 2.88. The predicted octanol–water partition coefficient (Wildman–Crippen LogP) is 4.33. The molecule has 22 heavy (non-hydrogen) atoms. The van der Waals surface area contributed by atoms with Crippen molar-refractivity contribution < 1.29 is 8.78 Å². The number of fused-ring (bicyclic) bond motifs is 1. The average molecular weight is 367 g/mol. The number of hydrogen-bond acceptors (Lipinski definition) is 3. The van der Waals surface area contributed by atoms with E-state index in [-0.39, 0.29) is 6.04 Å². The molecule has 0 radical (unpaired) electrons. The third kappa shape index (κ3) is 2.68. The van der Waals surface area contributed by atoms with E-state index in [4.69, 9.17) is 0 Å². The van der Waals surface area contributed by atoms with Crippen molar-refractivity contribution in [3.8, 4) is 0 Å². The highest BCUT2D eigenvalue weighted by Crippen LogP contribution is 2.29. The normalized spacial score (nSPS) is 12.5. The fraction of sp³-hybridized carbons (Fsp3) is 0.200. The summed E-state index contributed by atoms with van der Waals surface area (Å²) in [5.41, 5.74) is 1.17. The van der Waals surface area contributed by atoms with E-state index in [9.17, 15) is 8.78 Å². The van der Waals surface area contributed by atoms with Gasteiger partial charge in [-0.25, -0.2) is 18.3 Å². The van der Waals surface area contributed by atoms with Crippen LogP contribution in [0.1, 0.15) is 24.9 Å². The Morgan fingerprint density at radius 2 is 2.18 bits per heavy atom. The first-order valence-electron chi connectivity index (χ1n) is 6.79. The minimum Gasteiger partial charge on any atom is -0.361 e. The van der Waals surface area contributed by atoms with Crippen LogP contribution in [0, 0.1) is 11.6 Å². The molecule has 2 heterocycles. The Kier molecular flexibility index (Phi) is 4.06. The van der Waals surface area contributed by atoms with Crippen molar-refractivity contribution in [3.63, 3.8) is 0 Å². The number of halogens is 3. The van der Waals surface area contributed by atoms with Crippen molar-refractivity contribution in [3.05, 3.63) is 58.5 Å². The van der Waals surface area contributed by atoms with Crippen LogP contribution in [0.3, 0.4) is 0 Å². The molecule has 1 atom stereocenters. The lowest BCUT2D eigenvalue weighted by atomic mass is 10.0. The van der Waals surface area contributed by atoms with E-state index >= 15 is 0 Å². The Bertz CT molecular complexity index is 818. The quantitative estimate of drug-likeness (QED) is 0.746. The lowest BCUT2D eigenvalue weighted by Crippen LogP contribution is -2.13. The first kappa shape index (κ1) is 14.9. The highest BCUT2D eigenvalue weighted by atomic mass is 79.9. The zero-order chi connectivity index (χ0) is 15.7. The van der Waals surface area contributed by atoms with E-state index in [0.717, 1.165) is 16.1 Å². The molecule has 3 rings (SSSR count). The van der Waals surface area contributed by atoms with E-state index in [1.165, 1.54) is 12.1 Å². The summed E-state index contributed by atoms with van der Waals surface area (Å²) in [6, 6.07) is 3.28. The minimum absolute atomic E-state index is 0.318. The van der Waals surface area contributed by atoms with Crippen molar-refractivity contribution in [2.24, 2.45) is 0 Å². The van der Waals surface area contributed by atoms with Crippen molar-refractivity contribution in [1.29, 1.82) is 0 Å². The van der Waals surface area contributed by atoms with Gasteiger partial charge in [-0.15, -0.1) is 0 Å². The molecule has 3 aromatic rings. The molecule has 0 spiro atoms. The van der Waals surface area contributed by atoms with E-state index in [1.807, 2.05) is 6.92 Å². The fourth-order valence-electron chi connectivity index (χ4n) is 2.36. The molecule has 0 amide bonds. The number of benzene rings is 1. The SMILES string of the molecule is CCC(Nc1nccn2ncc(Br)c12)c1ccc(F)cc1F. The molecule has 4 nitrogen and oxygen atoms in total. The molecule has 2 aromatic heterocycles. The Morgan fingerprint density at radius 3 is 2.91 bits per heavy atom. The summed E-state index contributed by atoms with van der Waals surface area (Å²) in [6.45, 7) is 1.92. The second-order valence-corrected chi connectivity index (χ2v) is 5.69. The van der Waals surface area contributed by atoms with Crippen molar-refractivity contribution in [2.45, 2.75) is 19.4 Å². The Balaban J connectivity index is 2.00. The predicted molar refractivity (Wildman–Crippen MR) is 83.7 cm³/mol. The van der Waals surface area contributed by atoms with E-state index in [0.29, 0.717) is 17.8 Å². The summed E-state index contributed by atoms with van der Waals surface area (Å²) >= 11 is 3.42. The van der Waals surface area contributed by atoms with Gasteiger partial charge in [0.15, 0.2) is 5.82 Å². The molecule has 0 saturated heterocycles. The molecular formula is C15H13BrF2N4. The van der Waals surface area contributed by atoms with Gasteiger partial charge >= 0.3 is 0 Å². The number of nitrogens with one attached hydrogen (secondary N) is 1. The monoisotopic (exact) mass is 366 g/mol. The molecule has 0 bridgehead atoms. The standard InChI is InChI=1S/C15H13BrF2N4/c1-2-13(10-4-3-9(17)7-12(10)18)21-15-14-11(16)8-20-22(14)6-5-19-15/h3-8,13H,2H2,1H3,(H,19,21). The van der Waals surface area contributed by atoms with Gasteiger partial charge in [0.05, 0.1) is 16.7 Å². The third-order valence-electron chi connectivity index (χ3n) is 3.44. The van der Waals surface area contributed by atoms with Gasteiger partial charge in [0.2, 0.25) is 0 Å². The van der Waals surface area contributed by atoms with Crippen LogP contribution < -0.4 is 5.32 Å². The second kappa shape index (κ2) is 6.00. The van der Waals surface area contributed by atoms with Gasteiger partial charge in [-0.05, 0) is 28.4 Å². The van der Waals surface area contributed by atoms with Gasteiger partial charge in [-0.3, -0.25) is 0 Å². The van der Waals surface area contributed by atoms with Crippen LogP contribution in [0.15, 0.2) is 41.3 Å². The highest BCUT2D eigenvalue weighted by molar-refractivity contribution is 9.10. The molecular weight excluding hydrogens is 354 g/mol. The van der Waals surface area contributed by atoms with Crippen LogP contribution in [0.2, 0.25) is 0 Å². The zero-order valence-corrected chi connectivity index (χ0v) is 13.3. The first-order chi connectivity index (χ1) is 10.6. The fourth-order valence-corrected chi connectivity index (χ4v) is 2.82. The first-order valence-corrected chi connectivity index (χ1v) is 7.58. The third-order valence-corrected chi connectivity index (χ3v) is 4.02. The van der Waals surface area contributed by atoms with E-state index in [1.54, 1.807) is 23.1 Å². The van der Waals surface area contributed by atoms with Gasteiger partial charge in [0, 0.05) is 24.0 Å². The molecule has 7 heteroatoms. The van der Waals surface area contributed by atoms with E-state index < -0.39 is 11.6 Å². The molecule has 0 aliphatic heterocycles. The summed E-state index contributed by atoms with van der Waals surface area (Å²) < 4.78 is 29.5. The highest BCUT2D eigenvalue weighted by Gasteiger charge is 2.17. The van der Waals surface area contributed by atoms with Crippen LogP contribution in [-0.2, 0) is 0 Å². The van der Waals surface area contributed by atoms with Gasteiger partial charge in [-0.1, -0.05) is 13.0 Å². The number of aromatic nitrogens is 3. The second-order valence-electron chi connectivity index (χ2n) is 4.83. The molecule has 0 aliphatic carbocycles. The topological polar surface area (TPSA) is 42.2 Å². The smallest absolute Gasteiger partial charge is 0.153 e. The molecule has 0 fully saturated rings. The number of anilines is 1. The Hall–Kier alpha value is -2.02. The maximum atomic E-state index is 14.0. The van der Waals surface area contributed by atoms with Gasteiger partial charge in [0.25, 0.3) is 0 Å².